The van der Waals surface area contributed by atoms with Crippen molar-refractivity contribution in [2.45, 2.75) is 37.3 Å². The normalized spacial score (nSPS) is 29.5. The van der Waals surface area contributed by atoms with Crippen LogP contribution in [0.15, 0.2) is 12.4 Å². The quantitative estimate of drug-likeness (QED) is 0.912. The summed E-state index contributed by atoms with van der Waals surface area (Å²) in [6.07, 6.45) is 4.68. The number of carbonyl (C=O) groups excluding carboxylic acids is 1. The smallest absolute Gasteiger partial charge is 0.234 e. The Bertz CT molecular complexity index is 488. The minimum absolute atomic E-state index is 0.0597. The van der Waals surface area contributed by atoms with Crippen LogP contribution in [0.3, 0.4) is 0 Å². The van der Waals surface area contributed by atoms with E-state index in [9.17, 15) is 4.79 Å². The fourth-order valence-electron chi connectivity index (χ4n) is 2.68. The summed E-state index contributed by atoms with van der Waals surface area (Å²) in [6.45, 7) is 3.60. The number of nitrogens with zero attached hydrogens (tertiary/aromatic N) is 2. The maximum Gasteiger partial charge on any atom is 0.234 e. The largest absolute Gasteiger partial charge is 0.371 e. The standard InChI is InChI=1S/C14H21N3O2S2/c1-2-17-8-10(7-15-17)13-11(3-4-19-13)16-14(18)12-9-20-5-6-21-12/h7-8,11-13H,2-6,9H2,1H3,(H,16,18)/t11-,12-,13+/m0/s1. The number of rotatable bonds is 4. The molecule has 1 N–H and O–H groups in total. The van der Waals surface area contributed by atoms with Gasteiger partial charge in [0.1, 0.15) is 6.10 Å². The zero-order chi connectivity index (χ0) is 14.7. The lowest BCUT2D eigenvalue weighted by atomic mass is 10.1. The number of ether oxygens (including phenoxy) is 1. The summed E-state index contributed by atoms with van der Waals surface area (Å²) >= 11 is 3.64. The van der Waals surface area contributed by atoms with E-state index in [-0.39, 0.29) is 23.3 Å². The van der Waals surface area contributed by atoms with Gasteiger partial charge in [0.05, 0.1) is 17.5 Å². The molecular formula is C14H21N3O2S2. The maximum absolute atomic E-state index is 12.4. The van der Waals surface area contributed by atoms with E-state index in [0.29, 0.717) is 6.61 Å². The predicted molar refractivity (Wildman–Crippen MR) is 86.7 cm³/mol. The summed E-state index contributed by atoms with van der Waals surface area (Å²) in [6, 6.07) is 0.0690. The number of thioether (sulfide) groups is 2. The van der Waals surface area contributed by atoms with Crippen LogP contribution in [0.1, 0.15) is 25.0 Å². The van der Waals surface area contributed by atoms with Gasteiger partial charge in [-0.3, -0.25) is 9.48 Å². The maximum atomic E-state index is 12.4. The molecule has 3 rings (SSSR count). The molecular weight excluding hydrogens is 306 g/mol. The Labute approximate surface area is 133 Å². The summed E-state index contributed by atoms with van der Waals surface area (Å²) in [7, 11) is 0. The second kappa shape index (κ2) is 7.07. The third-order valence-electron chi connectivity index (χ3n) is 3.83. The van der Waals surface area contributed by atoms with Crippen molar-refractivity contribution < 1.29 is 9.53 Å². The molecule has 0 saturated carbocycles. The molecule has 7 heteroatoms. The molecule has 2 fully saturated rings. The molecule has 0 unspecified atom stereocenters. The van der Waals surface area contributed by atoms with Crippen molar-refractivity contribution in [3.05, 3.63) is 18.0 Å². The first-order valence-corrected chi connectivity index (χ1v) is 9.62. The molecule has 21 heavy (non-hydrogen) atoms. The molecule has 116 valence electrons. The molecule has 1 aromatic rings. The highest BCUT2D eigenvalue weighted by Gasteiger charge is 2.34. The van der Waals surface area contributed by atoms with E-state index in [1.54, 1.807) is 11.8 Å². The van der Waals surface area contributed by atoms with E-state index < -0.39 is 0 Å². The van der Waals surface area contributed by atoms with Crippen molar-refractivity contribution in [2.75, 3.05) is 23.9 Å². The third kappa shape index (κ3) is 3.57. The lowest BCUT2D eigenvalue weighted by Gasteiger charge is -2.24. The van der Waals surface area contributed by atoms with E-state index in [1.165, 1.54) is 0 Å². The summed E-state index contributed by atoms with van der Waals surface area (Å²) in [4.78, 5) is 12.4. The second-order valence-corrected chi connectivity index (χ2v) is 7.72. The zero-order valence-corrected chi connectivity index (χ0v) is 13.8. The molecule has 2 saturated heterocycles. The van der Waals surface area contributed by atoms with Gasteiger partial charge in [-0.2, -0.15) is 16.9 Å². The average molecular weight is 327 g/mol. The summed E-state index contributed by atoms with van der Waals surface area (Å²) in [5.41, 5.74) is 1.06. The highest BCUT2D eigenvalue weighted by atomic mass is 32.2. The van der Waals surface area contributed by atoms with Gasteiger partial charge in [-0.1, -0.05) is 0 Å². The minimum Gasteiger partial charge on any atom is -0.371 e. The van der Waals surface area contributed by atoms with E-state index >= 15 is 0 Å². The number of aromatic nitrogens is 2. The van der Waals surface area contributed by atoms with Gasteiger partial charge >= 0.3 is 0 Å². The number of amides is 1. The Morgan fingerprint density at radius 2 is 2.48 bits per heavy atom. The van der Waals surface area contributed by atoms with Gasteiger partial charge in [0.25, 0.3) is 0 Å². The summed E-state index contributed by atoms with van der Waals surface area (Å²) < 4.78 is 7.71. The Balaban J connectivity index is 1.62. The lowest BCUT2D eigenvalue weighted by Crippen LogP contribution is -2.43. The SMILES string of the molecule is CCn1cc([C@H]2OCC[C@@H]2NC(=O)[C@@H]2CSCCS2)cn1. The third-order valence-corrected chi connectivity index (χ3v) is 6.59. The van der Waals surface area contributed by atoms with Crippen molar-refractivity contribution in [3.63, 3.8) is 0 Å². The number of nitrogens with one attached hydrogen (secondary N) is 1. The molecule has 3 atom stereocenters. The summed E-state index contributed by atoms with van der Waals surface area (Å²) in [5.74, 6) is 3.30. The fraction of sp³-hybridized carbons (Fsp3) is 0.714. The highest BCUT2D eigenvalue weighted by Crippen LogP contribution is 2.30. The van der Waals surface area contributed by atoms with Gasteiger partial charge in [0.2, 0.25) is 5.91 Å². The van der Waals surface area contributed by atoms with Crippen LogP contribution in [0.4, 0.5) is 0 Å². The highest BCUT2D eigenvalue weighted by molar-refractivity contribution is 8.07. The first-order valence-electron chi connectivity index (χ1n) is 7.41. The zero-order valence-electron chi connectivity index (χ0n) is 12.2. The van der Waals surface area contributed by atoms with Crippen LogP contribution >= 0.6 is 23.5 Å². The molecule has 0 aromatic carbocycles. The summed E-state index contributed by atoms with van der Waals surface area (Å²) in [5, 5.41) is 7.57. The topological polar surface area (TPSA) is 56.1 Å². The minimum atomic E-state index is -0.0597. The van der Waals surface area contributed by atoms with E-state index in [2.05, 4.69) is 17.3 Å². The van der Waals surface area contributed by atoms with Crippen LogP contribution < -0.4 is 5.32 Å². The molecule has 5 nitrogen and oxygen atoms in total. The van der Waals surface area contributed by atoms with Crippen LogP contribution in [0.2, 0.25) is 0 Å². The molecule has 0 bridgehead atoms. The molecule has 0 spiro atoms. The van der Waals surface area contributed by atoms with Gasteiger partial charge in [-0.25, -0.2) is 0 Å². The van der Waals surface area contributed by atoms with E-state index in [0.717, 1.165) is 35.8 Å². The van der Waals surface area contributed by atoms with Crippen molar-refractivity contribution in [1.29, 1.82) is 0 Å². The molecule has 0 radical (unpaired) electrons. The number of hydrogen-bond donors (Lipinski definition) is 1. The van der Waals surface area contributed by atoms with Gasteiger partial charge in [-0.15, -0.1) is 11.8 Å². The van der Waals surface area contributed by atoms with Crippen molar-refractivity contribution in [3.8, 4) is 0 Å². The average Bonchev–Trinajstić information content (AvgIpc) is 3.16. The van der Waals surface area contributed by atoms with Gasteiger partial charge in [-0.05, 0) is 13.3 Å². The van der Waals surface area contributed by atoms with Crippen molar-refractivity contribution in [1.82, 2.24) is 15.1 Å². The van der Waals surface area contributed by atoms with Gasteiger partial charge in [0.15, 0.2) is 0 Å². The molecule has 2 aliphatic rings. The number of aryl methyl sites for hydroxylation is 1. The van der Waals surface area contributed by atoms with Crippen LogP contribution in [-0.2, 0) is 16.1 Å². The van der Waals surface area contributed by atoms with Crippen LogP contribution in [0.25, 0.3) is 0 Å². The second-order valence-electron chi connectivity index (χ2n) is 5.26. The number of hydrogen-bond acceptors (Lipinski definition) is 5. The molecule has 3 heterocycles. The Morgan fingerprint density at radius 3 is 3.19 bits per heavy atom. The number of carbonyl (C=O) groups is 1. The molecule has 1 aromatic heterocycles. The van der Waals surface area contributed by atoms with Gasteiger partial charge in [0, 0.05) is 42.2 Å². The van der Waals surface area contributed by atoms with Crippen LogP contribution in [0, 0.1) is 0 Å². The fourth-order valence-corrected chi connectivity index (χ4v) is 5.25. The van der Waals surface area contributed by atoms with Crippen LogP contribution in [0.5, 0.6) is 0 Å². The van der Waals surface area contributed by atoms with E-state index in [4.69, 9.17) is 4.74 Å². The molecule has 1 amide bonds. The van der Waals surface area contributed by atoms with Crippen LogP contribution in [-0.4, -0.2) is 50.8 Å². The first-order chi connectivity index (χ1) is 10.3. The lowest BCUT2D eigenvalue weighted by molar-refractivity contribution is -0.121. The van der Waals surface area contributed by atoms with Crippen molar-refractivity contribution >= 4 is 29.4 Å². The Hall–Kier alpha value is -0.660. The first kappa shape index (κ1) is 15.2. The Morgan fingerprint density at radius 1 is 1.57 bits per heavy atom. The predicted octanol–water partition coefficient (Wildman–Crippen LogP) is 1.70. The molecule has 2 aliphatic heterocycles. The molecule has 0 aliphatic carbocycles. The van der Waals surface area contributed by atoms with E-state index in [1.807, 2.05) is 28.8 Å². The Kier molecular flexibility index (Phi) is 5.13. The monoisotopic (exact) mass is 327 g/mol. The van der Waals surface area contributed by atoms with Crippen molar-refractivity contribution in [2.24, 2.45) is 0 Å². The van der Waals surface area contributed by atoms with Gasteiger partial charge < -0.3 is 10.1 Å².